The number of hydrazine groups is 1. The van der Waals surface area contributed by atoms with Crippen molar-refractivity contribution in [3.63, 3.8) is 0 Å². The van der Waals surface area contributed by atoms with E-state index in [9.17, 15) is 4.79 Å². The Morgan fingerprint density at radius 2 is 2.00 bits per heavy atom. The molecule has 1 aliphatic heterocycles. The fourth-order valence-electron chi connectivity index (χ4n) is 1.61. The molecule has 1 fully saturated rings. The Morgan fingerprint density at radius 1 is 1.33 bits per heavy atom. The second-order valence-corrected chi connectivity index (χ2v) is 6.73. The lowest BCUT2D eigenvalue weighted by Crippen LogP contribution is -2.38. The summed E-state index contributed by atoms with van der Waals surface area (Å²) in [5.41, 5.74) is 3.65. The minimum Gasteiger partial charge on any atom is -0.409 e. The second kappa shape index (κ2) is 6.36. The molecule has 98 valence electrons. The van der Waals surface area contributed by atoms with Crippen molar-refractivity contribution in [2.24, 2.45) is 0 Å². The van der Waals surface area contributed by atoms with Gasteiger partial charge in [-0.15, -0.1) is 23.5 Å². The van der Waals surface area contributed by atoms with Crippen molar-refractivity contribution in [2.75, 3.05) is 25.6 Å². The Kier molecular flexibility index (Phi) is 4.79. The number of thioether (sulfide) groups is 2. The van der Waals surface area contributed by atoms with E-state index in [1.165, 1.54) is 0 Å². The maximum absolute atomic E-state index is 11.6. The highest BCUT2D eigenvalue weighted by atomic mass is 32.2. The Hall–Kier alpha value is -0.850. The average Bonchev–Trinajstić information content (AvgIpc) is 2.81. The van der Waals surface area contributed by atoms with Gasteiger partial charge in [0.05, 0.1) is 4.58 Å². The molecule has 1 aromatic carbocycles. The molecule has 0 aliphatic carbocycles. The van der Waals surface area contributed by atoms with Gasteiger partial charge in [0.25, 0.3) is 0 Å². The first-order valence-corrected chi connectivity index (χ1v) is 7.74. The maximum Gasteiger partial charge on any atom is 0.427 e. The standard InChI is InChI=1S/C12H16N2O2S2/c1-14(2)13-12(15)16-10-6-4-3-5-9(10)11-17-7-8-18-11/h3-6,11H,7-8H2,1-2H3,(H,13,15). The van der Waals surface area contributed by atoms with Crippen molar-refractivity contribution >= 4 is 29.6 Å². The van der Waals surface area contributed by atoms with Crippen LogP contribution < -0.4 is 10.2 Å². The average molecular weight is 284 g/mol. The quantitative estimate of drug-likeness (QED) is 0.864. The SMILES string of the molecule is CN(C)NC(=O)Oc1ccccc1C1SCCS1. The van der Waals surface area contributed by atoms with Gasteiger partial charge in [0, 0.05) is 31.2 Å². The van der Waals surface area contributed by atoms with E-state index in [0.29, 0.717) is 10.3 Å². The number of carbonyl (C=O) groups excluding carboxylic acids is 1. The normalized spacial score (nSPS) is 15.9. The van der Waals surface area contributed by atoms with Gasteiger partial charge in [-0.3, -0.25) is 5.43 Å². The molecule has 0 atom stereocenters. The van der Waals surface area contributed by atoms with E-state index in [1.54, 1.807) is 19.1 Å². The molecule has 1 saturated heterocycles. The molecule has 1 N–H and O–H groups in total. The van der Waals surface area contributed by atoms with Crippen LogP contribution in [0.3, 0.4) is 0 Å². The minimum absolute atomic E-state index is 0.369. The van der Waals surface area contributed by atoms with Gasteiger partial charge in [0.15, 0.2) is 0 Å². The van der Waals surface area contributed by atoms with Gasteiger partial charge in [0.2, 0.25) is 0 Å². The molecule has 0 radical (unpaired) electrons. The molecule has 6 heteroatoms. The lowest BCUT2D eigenvalue weighted by molar-refractivity contribution is 0.171. The van der Waals surface area contributed by atoms with Gasteiger partial charge >= 0.3 is 6.09 Å². The zero-order chi connectivity index (χ0) is 13.0. The number of para-hydroxylation sites is 1. The fourth-order valence-corrected chi connectivity index (χ4v) is 4.52. The lowest BCUT2D eigenvalue weighted by atomic mass is 10.2. The first-order valence-electron chi connectivity index (χ1n) is 5.65. The summed E-state index contributed by atoms with van der Waals surface area (Å²) in [5, 5.41) is 1.56. The molecule has 1 aromatic rings. The van der Waals surface area contributed by atoms with Gasteiger partial charge < -0.3 is 4.74 Å². The Balaban J connectivity index is 2.09. The number of hydrogen-bond acceptors (Lipinski definition) is 5. The van der Waals surface area contributed by atoms with E-state index < -0.39 is 6.09 Å². The zero-order valence-corrected chi connectivity index (χ0v) is 12.0. The van der Waals surface area contributed by atoms with Crippen LogP contribution in [0.15, 0.2) is 24.3 Å². The summed E-state index contributed by atoms with van der Waals surface area (Å²) in [6.07, 6.45) is -0.458. The molecule has 18 heavy (non-hydrogen) atoms. The summed E-state index contributed by atoms with van der Waals surface area (Å²) in [6, 6.07) is 7.72. The lowest BCUT2D eigenvalue weighted by Gasteiger charge is -2.16. The number of amides is 1. The predicted octanol–water partition coefficient (Wildman–Crippen LogP) is 2.73. The number of nitrogens with zero attached hydrogens (tertiary/aromatic N) is 1. The zero-order valence-electron chi connectivity index (χ0n) is 10.4. The molecular weight excluding hydrogens is 268 g/mol. The van der Waals surface area contributed by atoms with Crippen LogP contribution in [0.5, 0.6) is 5.75 Å². The van der Waals surface area contributed by atoms with E-state index in [-0.39, 0.29) is 0 Å². The maximum atomic E-state index is 11.6. The molecule has 1 heterocycles. The molecule has 0 unspecified atom stereocenters. The summed E-state index contributed by atoms with van der Waals surface area (Å²) in [5.74, 6) is 2.94. The van der Waals surface area contributed by atoms with Crippen molar-refractivity contribution in [2.45, 2.75) is 4.58 Å². The molecule has 1 amide bonds. The second-order valence-electron chi connectivity index (χ2n) is 4.01. The van der Waals surface area contributed by atoms with E-state index >= 15 is 0 Å². The topological polar surface area (TPSA) is 41.6 Å². The number of benzene rings is 1. The molecule has 0 aromatic heterocycles. The third kappa shape index (κ3) is 3.57. The monoisotopic (exact) mass is 284 g/mol. The summed E-state index contributed by atoms with van der Waals surface area (Å²) in [7, 11) is 3.49. The smallest absolute Gasteiger partial charge is 0.409 e. The number of ether oxygens (including phenoxy) is 1. The number of rotatable bonds is 3. The van der Waals surface area contributed by atoms with Crippen LogP contribution in [0.1, 0.15) is 10.1 Å². The van der Waals surface area contributed by atoms with Crippen molar-refractivity contribution in [1.82, 2.24) is 10.4 Å². The van der Waals surface area contributed by atoms with E-state index in [2.05, 4.69) is 5.43 Å². The van der Waals surface area contributed by atoms with Gasteiger partial charge in [-0.05, 0) is 6.07 Å². The highest BCUT2D eigenvalue weighted by molar-refractivity contribution is 8.19. The third-order valence-corrected chi connectivity index (χ3v) is 5.38. The van der Waals surface area contributed by atoms with Crippen LogP contribution in [-0.2, 0) is 0 Å². The fraction of sp³-hybridized carbons (Fsp3) is 0.417. The summed E-state index contributed by atoms with van der Waals surface area (Å²) < 4.78 is 5.72. The Bertz CT molecular complexity index is 420. The minimum atomic E-state index is -0.458. The molecule has 2 rings (SSSR count). The van der Waals surface area contributed by atoms with Crippen LogP contribution in [0.2, 0.25) is 0 Å². The summed E-state index contributed by atoms with van der Waals surface area (Å²) in [4.78, 5) is 11.6. The highest BCUT2D eigenvalue weighted by Gasteiger charge is 2.22. The van der Waals surface area contributed by atoms with Crippen LogP contribution >= 0.6 is 23.5 Å². The van der Waals surface area contributed by atoms with Gasteiger partial charge in [-0.2, -0.15) is 0 Å². The van der Waals surface area contributed by atoms with Crippen molar-refractivity contribution < 1.29 is 9.53 Å². The molecule has 0 saturated carbocycles. The van der Waals surface area contributed by atoms with Crippen LogP contribution in [0, 0.1) is 0 Å². The van der Waals surface area contributed by atoms with E-state index in [0.717, 1.165) is 17.1 Å². The number of nitrogens with one attached hydrogen (secondary N) is 1. The van der Waals surface area contributed by atoms with E-state index in [1.807, 2.05) is 47.8 Å². The first kappa shape index (κ1) is 13.6. The Labute approximate surface area is 115 Å². The molecular formula is C12H16N2O2S2. The molecule has 4 nitrogen and oxygen atoms in total. The molecule has 0 spiro atoms. The third-order valence-electron chi connectivity index (χ3n) is 2.31. The van der Waals surface area contributed by atoms with Crippen molar-refractivity contribution in [3.05, 3.63) is 29.8 Å². The first-order chi connectivity index (χ1) is 8.66. The van der Waals surface area contributed by atoms with Crippen LogP contribution in [-0.4, -0.2) is 36.7 Å². The highest BCUT2D eigenvalue weighted by Crippen LogP contribution is 2.48. The number of carbonyl (C=O) groups is 1. The van der Waals surface area contributed by atoms with E-state index in [4.69, 9.17) is 4.74 Å². The Morgan fingerprint density at radius 3 is 2.67 bits per heavy atom. The van der Waals surface area contributed by atoms with Gasteiger partial charge in [-0.25, -0.2) is 9.80 Å². The van der Waals surface area contributed by atoms with Crippen molar-refractivity contribution in [1.29, 1.82) is 0 Å². The molecule has 0 bridgehead atoms. The largest absolute Gasteiger partial charge is 0.427 e. The summed E-state index contributed by atoms with van der Waals surface area (Å²) in [6.45, 7) is 0. The van der Waals surface area contributed by atoms with Crippen LogP contribution in [0.25, 0.3) is 0 Å². The van der Waals surface area contributed by atoms with Gasteiger partial charge in [0.1, 0.15) is 5.75 Å². The summed E-state index contributed by atoms with van der Waals surface area (Å²) >= 11 is 3.78. The van der Waals surface area contributed by atoms with Crippen LogP contribution in [0.4, 0.5) is 4.79 Å². The number of hydrogen-bond donors (Lipinski definition) is 1. The van der Waals surface area contributed by atoms with Gasteiger partial charge in [-0.1, -0.05) is 18.2 Å². The predicted molar refractivity (Wildman–Crippen MR) is 76.9 cm³/mol. The van der Waals surface area contributed by atoms with Crippen molar-refractivity contribution in [3.8, 4) is 5.75 Å². The molecule has 1 aliphatic rings.